The van der Waals surface area contributed by atoms with E-state index in [1.807, 2.05) is 0 Å². The quantitative estimate of drug-likeness (QED) is 0.656. The Labute approximate surface area is 81.6 Å². The maximum atomic E-state index is 5.65. The third-order valence-corrected chi connectivity index (χ3v) is 2.80. The Hall–Kier alpha value is -0.0800. The van der Waals surface area contributed by atoms with Crippen molar-refractivity contribution < 1.29 is 9.47 Å². The van der Waals surface area contributed by atoms with Crippen molar-refractivity contribution in [2.75, 3.05) is 19.8 Å². The molecule has 0 radical (unpaired) electrons. The lowest BCUT2D eigenvalue weighted by Crippen LogP contribution is -2.21. The molecule has 1 aliphatic rings. The molecule has 2 atom stereocenters. The number of hydrogen-bond donors (Lipinski definition) is 0. The van der Waals surface area contributed by atoms with Crippen LogP contribution in [0.15, 0.2) is 0 Å². The zero-order valence-electron chi connectivity index (χ0n) is 9.08. The topological polar surface area (TPSA) is 18.5 Å². The maximum absolute atomic E-state index is 5.65. The van der Waals surface area contributed by atoms with E-state index in [1.54, 1.807) is 0 Å². The Balaban J connectivity index is 2.24. The van der Waals surface area contributed by atoms with E-state index in [4.69, 9.17) is 9.47 Å². The highest BCUT2D eigenvalue weighted by atomic mass is 16.5. The van der Waals surface area contributed by atoms with Crippen LogP contribution in [0.1, 0.15) is 33.6 Å². The second-order valence-corrected chi connectivity index (χ2v) is 4.17. The Kier molecular flexibility index (Phi) is 4.74. The lowest BCUT2D eigenvalue weighted by molar-refractivity contribution is 0.0309. The van der Waals surface area contributed by atoms with Gasteiger partial charge in [-0.2, -0.15) is 0 Å². The van der Waals surface area contributed by atoms with E-state index < -0.39 is 0 Å². The lowest BCUT2D eigenvalue weighted by Gasteiger charge is -2.21. The molecule has 0 aliphatic carbocycles. The fourth-order valence-corrected chi connectivity index (χ4v) is 1.83. The van der Waals surface area contributed by atoms with E-state index in [-0.39, 0.29) is 0 Å². The first kappa shape index (κ1) is 11.0. The van der Waals surface area contributed by atoms with Crippen molar-refractivity contribution in [3.63, 3.8) is 0 Å². The second-order valence-electron chi connectivity index (χ2n) is 4.17. The molecule has 0 aromatic heterocycles. The van der Waals surface area contributed by atoms with Crippen molar-refractivity contribution in [3.8, 4) is 0 Å². The Morgan fingerprint density at radius 3 is 2.69 bits per heavy atom. The highest BCUT2D eigenvalue weighted by Gasteiger charge is 2.24. The first-order valence-electron chi connectivity index (χ1n) is 5.43. The zero-order valence-corrected chi connectivity index (χ0v) is 9.08. The molecule has 2 heteroatoms. The number of hydrogen-bond acceptors (Lipinski definition) is 2. The van der Waals surface area contributed by atoms with Crippen LogP contribution in [-0.4, -0.2) is 25.9 Å². The molecular weight excluding hydrogens is 164 g/mol. The van der Waals surface area contributed by atoms with Crippen LogP contribution in [0.4, 0.5) is 0 Å². The molecule has 0 amide bonds. The van der Waals surface area contributed by atoms with Crippen molar-refractivity contribution in [3.05, 3.63) is 0 Å². The molecule has 1 heterocycles. The van der Waals surface area contributed by atoms with Crippen molar-refractivity contribution in [2.24, 2.45) is 11.8 Å². The lowest BCUT2D eigenvalue weighted by atomic mass is 9.90. The van der Waals surface area contributed by atoms with Crippen molar-refractivity contribution in [1.29, 1.82) is 0 Å². The van der Waals surface area contributed by atoms with Gasteiger partial charge in [-0.3, -0.25) is 0 Å². The van der Waals surface area contributed by atoms with E-state index in [0.717, 1.165) is 25.7 Å². The first-order chi connectivity index (χ1) is 6.24. The summed E-state index contributed by atoms with van der Waals surface area (Å²) in [5.41, 5.74) is 0. The molecule has 2 nitrogen and oxygen atoms in total. The predicted octanol–water partition coefficient (Wildman–Crippen LogP) is 2.47. The predicted molar refractivity (Wildman–Crippen MR) is 53.8 cm³/mol. The smallest absolute Gasteiger partial charge is 0.0519 e. The van der Waals surface area contributed by atoms with E-state index in [9.17, 15) is 0 Å². The molecule has 0 saturated carbocycles. The largest absolute Gasteiger partial charge is 0.381 e. The molecule has 0 aromatic rings. The normalized spacial score (nSPS) is 25.4. The van der Waals surface area contributed by atoms with Crippen LogP contribution in [0.25, 0.3) is 0 Å². The zero-order chi connectivity index (χ0) is 9.68. The molecule has 1 rings (SSSR count). The van der Waals surface area contributed by atoms with Gasteiger partial charge in [0, 0.05) is 13.2 Å². The molecular formula is C11H22O2. The van der Waals surface area contributed by atoms with Crippen molar-refractivity contribution >= 4 is 0 Å². The fraction of sp³-hybridized carbons (Fsp3) is 1.00. The maximum Gasteiger partial charge on any atom is 0.0519 e. The Bertz CT molecular complexity index is 128. The summed E-state index contributed by atoms with van der Waals surface area (Å²) in [4.78, 5) is 0. The third-order valence-electron chi connectivity index (χ3n) is 2.80. The molecule has 1 aliphatic heterocycles. The SMILES string of the molecule is CCC(COC(C)C)C1CCOC1. The summed E-state index contributed by atoms with van der Waals surface area (Å²) in [6.45, 7) is 9.23. The summed E-state index contributed by atoms with van der Waals surface area (Å²) in [5.74, 6) is 1.44. The van der Waals surface area contributed by atoms with E-state index in [0.29, 0.717) is 12.0 Å². The van der Waals surface area contributed by atoms with Gasteiger partial charge in [-0.05, 0) is 32.1 Å². The summed E-state index contributed by atoms with van der Waals surface area (Å²) in [6.07, 6.45) is 2.79. The molecule has 78 valence electrons. The first-order valence-corrected chi connectivity index (χ1v) is 5.43. The van der Waals surface area contributed by atoms with Gasteiger partial charge >= 0.3 is 0 Å². The van der Waals surface area contributed by atoms with Gasteiger partial charge in [0.1, 0.15) is 0 Å². The Morgan fingerprint density at radius 1 is 1.46 bits per heavy atom. The molecule has 2 unspecified atom stereocenters. The molecule has 0 aromatic carbocycles. The minimum absolute atomic E-state index is 0.358. The van der Waals surface area contributed by atoms with Crippen LogP contribution < -0.4 is 0 Å². The van der Waals surface area contributed by atoms with Gasteiger partial charge in [0.25, 0.3) is 0 Å². The standard InChI is InChI=1S/C11H22O2/c1-4-10(8-13-9(2)3)11-5-6-12-7-11/h9-11H,4-8H2,1-3H3. The molecule has 0 spiro atoms. The fourth-order valence-electron chi connectivity index (χ4n) is 1.83. The summed E-state index contributed by atoms with van der Waals surface area (Å²) in [7, 11) is 0. The number of ether oxygens (including phenoxy) is 2. The van der Waals surface area contributed by atoms with Gasteiger partial charge in [0.15, 0.2) is 0 Å². The van der Waals surface area contributed by atoms with Crippen LogP contribution in [0.2, 0.25) is 0 Å². The summed E-state index contributed by atoms with van der Waals surface area (Å²) in [6, 6.07) is 0. The van der Waals surface area contributed by atoms with E-state index in [1.165, 1.54) is 12.8 Å². The van der Waals surface area contributed by atoms with Gasteiger partial charge in [-0.25, -0.2) is 0 Å². The van der Waals surface area contributed by atoms with Crippen LogP contribution in [0.5, 0.6) is 0 Å². The van der Waals surface area contributed by atoms with Crippen LogP contribution in [0, 0.1) is 11.8 Å². The van der Waals surface area contributed by atoms with E-state index in [2.05, 4.69) is 20.8 Å². The molecule has 1 saturated heterocycles. The average molecular weight is 186 g/mol. The van der Waals surface area contributed by atoms with Gasteiger partial charge in [-0.15, -0.1) is 0 Å². The Morgan fingerprint density at radius 2 is 2.23 bits per heavy atom. The van der Waals surface area contributed by atoms with Crippen molar-refractivity contribution in [2.45, 2.75) is 39.7 Å². The summed E-state index contributed by atoms with van der Waals surface area (Å²) >= 11 is 0. The van der Waals surface area contributed by atoms with Gasteiger partial charge in [0.05, 0.1) is 12.7 Å². The van der Waals surface area contributed by atoms with Crippen LogP contribution in [-0.2, 0) is 9.47 Å². The van der Waals surface area contributed by atoms with Crippen molar-refractivity contribution in [1.82, 2.24) is 0 Å². The van der Waals surface area contributed by atoms with E-state index >= 15 is 0 Å². The monoisotopic (exact) mass is 186 g/mol. The number of rotatable bonds is 5. The highest BCUT2D eigenvalue weighted by Crippen LogP contribution is 2.25. The summed E-state index contributed by atoms with van der Waals surface area (Å²) in [5, 5.41) is 0. The van der Waals surface area contributed by atoms with Crippen LogP contribution in [0.3, 0.4) is 0 Å². The minimum Gasteiger partial charge on any atom is -0.381 e. The molecule has 1 fully saturated rings. The third kappa shape index (κ3) is 3.65. The van der Waals surface area contributed by atoms with Gasteiger partial charge < -0.3 is 9.47 Å². The molecule has 13 heavy (non-hydrogen) atoms. The highest BCUT2D eigenvalue weighted by molar-refractivity contribution is 4.72. The van der Waals surface area contributed by atoms with Crippen LogP contribution >= 0.6 is 0 Å². The van der Waals surface area contributed by atoms with Gasteiger partial charge in [0.2, 0.25) is 0 Å². The molecule has 0 bridgehead atoms. The minimum atomic E-state index is 0.358. The summed E-state index contributed by atoms with van der Waals surface area (Å²) < 4.78 is 11.0. The molecule has 0 N–H and O–H groups in total. The second kappa shape index (κ2) is 5.61. The van der Waals surface area contributed by atoms with Gasteiger partial charge in [-0.1, -0.05) is 13.3 Å². The average Bonchev–Trinajstić information content (AvgIpc) is 2.58.